The molecule has 0 atom stereocenters. The lowest BCUT2D eigenvalue weighted by molar-refractivity contribution is -0.113. The summed E-state index contributed by atoms with van der Waals surface area (Å²) in [4.78, 5) is 22.3. The third kappa shape index (κ3) is 3.12. The van der Waals surface area contributed by atoms with Crippen molar-refractivity contribution in [3.05, 3.63) is 29.8 Å². The Hall–Kier alpha value is -1.78. The van der Waals surface area contributed by atoms with E-state index in [1.54, 1.807) is 0 Å². The maximum absolute atomic E-state index is 11.9. The SMILES string of the molecule is CC(=O)C(=O)c1ccccc1OCC(F)F. The van der Waals surface area contributed by atoms with Crippen LogP contribution >= 0.6 is 0 Å². The van der Waals surface area contributed by atoms with Gasteiger partial charge in [-0.2, -0.15) is 0 Å². The van der Waals surface area contributed by atoms with Crippen molar-refractivity contribution < 1.29 is 23.1 Å². The van der Waals surface area contributed by atoms with E-state index in [1.807, 2.05) is 0 Å². The second-order valence-electron chi connectivity index (χ2n) is 3.08. The highest BCUT2D eigenvalue weighted by atomic mass is 19.3. The van der Waals surface area contributed by atoms with Gasteiger partial charge in [-0.15, -0.1) is 0 Å². The van der Waals surface area contributed by atoms with Gasteiger partial charge in [0.15, 0.2) is 5.78 Å². The zero-order chi connectivity index (χ0) is 12.1. The molecule has 0 N–H and O–H groups in total. The minimum absolute atomic E-state index is 0.00278. The molecule has 0 saturated heterocycles. The van der Waals surface area contributed by atoms with Gasteiger partial charge in [0.2, 0.25) is 5.78 Å². The van der Waals surface area contributed by atoms with E-state index >= 15 is 0 Å². The number of Topliss-reactive ketones (excluding diaryl/α,β-unsaturated/α-hetero) is 2. The highest BCUT2D eigenvalue weighted by Crippen LogP contribution is 2.19. The zero-order valence-corrected chi connectivity index (χ0v) is 8.57. The van der Waals surface area contributed by atoms with Crippen LogP contribution < -0.4 is 4.74 Å². The molecule has 0 heterocycles. The molecule has 1 rings (SSSR count). The summed E-state index contributed by atoms with van der Waals surface area (Å²) in [5, 5.41) is 0. The van der Waals surface area contributed by atoms with Gasteiger partial charge in [0.05, 0.1) is 5.56 Å². The van der Waals surface area contributed by atoms with Crippen LogP contribution in [-0.4, -0.2) is 24.6 Å². The Bertz CT molecular complexity index is 402. The average Bonchev–Trinajstić information content (AvgIpc) is 2.25. The van der Waals surface area contributed by atoms with Crippen molar-refractivity contribution in [1.29, 1.82) is 0 Å². The molecule has 3 nitrogen and oxygen atoms in total. The number of para-hydroxylation sites is 1. The van der Waals surface area contributed by atoms with E-state index in [-0.39, 0.29) is 11.3 Å². The Labute approximate surface area is 91.0 Å². The first-order chi connectivity index (χ1) is 7.52. The lowest BCUT2D eigenvalue weighted by Gasteiger charge is -2.08. The van der Waals surface area contributed by atoms with Gasteiger partial charge in [-0.3, -0.25) is 9.59 Å². The molecule has 5 heteroatoms. The van der Waals surface area contributed by atoms with E-state index < -0.39 is 24.6 Å². The molecule has 1 aromatic carbocycles. The highest BCUT2D eigenvalue weighted by Gasteiger charge is 2.16. The first-order valence-corrected chi connectivity index (χ1v) is 4.57. The highest BCUT2D eigenvalue weighted by molar-refractivity contribution is 6.43. The quantitative estimate of drug-likeness (QED) is 0.572. The number of alkyl halides is 2. The molecular weight excluding hydrogens is 218 g/mol. The third-order valence-corrected chi connectivity index (χ3v) is 1.82. The number of hydrogen-bond donors (Lipinski definition) is 0. The Morgan fingerprint density at radius 3 is 2.50 bits per heavy atom. The molecule has 0 bridgehead atoms. The van der Waals surface area contributed by atoms with Crippen molar-refractivity contribution in [3.63, 3.8) is 0 Å². The van der Waals surface area contributed by atoms with Crippen LogP contribution in [0.5, 0.6) is 5.75 Å². The molecule has 0 spiro atoms. The normalized spacial score (nSPS) is 10.2. The molecule has 16 heavy (non-hydrogen) atoms. The Morgan fingerprint density at radius 1 is 1.31 bits per heavy atom. The van der Waals surface area contributed by atoms with Crippen LogP contribution in [0.15, 0.2) is 24.3 Å². The fourth-order valence-corrected chi connectivity index (χ4v) is 1.12. The van der Waals surface area contributed by atoms with Crippen LogP contribution in [0.3, 0.4) is 0 Å². The predicted molar refractivity (Wildman–Crippen MR) is 53.0 cm³/mol. The smallest absolute Gasteiger partial charge is 0.272 e. The van der Waals surface area contributed by atoms with Crippen LogP contribution in [0, 0.1) is 0 Å². The third-order valence-electron chi connectivity index (χ3n) is 1.82. The van der Waals surface area contributed by atoms with Crippen LogP contribution in [0.25, 0.3) is 0 Å². The molecule has 0 saturated carbocycles. The standard InChI is InChI=1S/C11H10F2O3/c1-7(14)11(15)8-4-2-3-5-9(8)16-6-10(12)13/h2-5,10H,6H2,1H3. The van der Waals surface area contributed by atoms with Gasteiger partial charge >= 0.3 is 0 Å². The van der Waals surface area contributed by atoms with Gasteiger partial charge in [-0.05, 0) is 12.1 Å². The molecule has 0 radical (unpaired) electrons. The summed E-state index contributed by atoms with van der Waals surface area (Å²) in [5.41, 5.74) is 0.00986. The Morgan fingerprint density at radius 2 is 1.94 bits per heavy atom. The topological polar surface area (TPSA) is 43.4 Å². The van der Waals surface area contributed by atoms with Crippen molar-refractivity contribution in [2.45, 2.75) is 13.3 Å². The number of ketones is 2. The molecule has 0 aliphatic carbocycles. The van der Waals surface area contributed by atoms with E-state index in [0.717, 1.165) is 6.92 Å². The van der Waals surface area contributed by atoms with E-state index in [4.69, 9.17) is 4.74 Å². The van der Waals surface area contributed by atoms with Crippen molar-refractivity contribution in [3.8, 4) is 5.75 Å². The second-order valence-corrected chi connectivity index (χ2v) is 3.08. The summed E-state index contributed by atoms with van der Waals surface area (Å²) in [6.45, 7) is 0.314. The van der Waals surface area contributed by atoms with Crippen molar-refractivity contribution in [2.75, 3.05) is 6.61 Å². The number of rotatable bonds is 5. The first kappa shape index (κ1) is 12.3. The van der Waals surface area contributed by atoms with E-state index in [9.17, 15) is 18.4 Å². The monoisotopic (exact) mass is 228 g/mol. The van der Waals surface area contributed by atoms with Gasteiger partial charge in [-0.25, -0.2) is 8.78 Å². The summed E-state index contributed by atoms with van der Waals surface area (Å²) < 4.78 is 28.6. The summed E-state index contributed by atoms with van der Waals surface area (Å²) in [6.07, 6.45) is -2.62. The molecule has 0 aliphatic heterocycles. The lowest BCUT2D eigenvalue weighted by atomic mass is 10.1. The summed E-state index contributed by atoms with van der Waals surface area (Å²) >= 11 is 0. The Kier molecular flexibility index (Phi) is 4.10. The number of carbonyl (C=O) groups excluding carboxylic acids is 2. The van der Waals surface area contributed by atoms with E-state index in [0.29, 0.717) is 0 Å². The maximum atomic E-state index is 11.9. The molecule has 1 aromatic rings. The van der Waals surface area contributed by atoms with Crippen LogP contribution in [-0.2, 0) is 4.79 Å². The fourth-order valence-electron chi connectivity index (χ4n) is 1.12. The molecule has 86 valence electrons. The average molecular weight is 228 g/mol. The van der Waals surface area contributed by atoms with Crippen LogP contribution in [0.1, 0.15) is 17.3 Å². The summed E-state index contributed by atoms with van der Waals surface area (Å²) in [6, 6.07) is 5.81. The molecule has 0 unspecified atom stereocenters. The van der Waals surface area contributed by atoms with Crippen molar-refractivity contribution in [1.82, 2.24) is 0 Å². The van der Waals surface area contributed by atoms with Crippen molar-refractivity contribution in [2.24, 2.45) is 0 Å². The van der Waals surface area contributed by atoms with Gasteiger partial charge in [0.1, 0.15) is 12.4 Å². The minimum atomic E-state index is -2.62. The maximum Gasteiger partial charge on any atom is 0.272 e. The zero-order valence-electron chi connectivity index (χ0n) is 8.57. The van der Waals surface area contributed by atoms with Gasteiger partial charge < -0.3 is 4.74 Å². The number of halogens is 2. The minimum Gasteiger partial charge on any atom is -0.487 e. The predicted octanol–water partition coefficient (Wildman–Crippen LogP) is 2.10. The van der Waals surface area contributed by atoms with Gasteiger partial charge in [-0.1, -0.05) is 12.1 Å². The second kappa shape index (κ2) is 5.34. The number of carbonyl (C=O) groups is 2. The first-order valence-electron chi connectivity index (χ1n) is 4.57. The molecule has 0 aromatic heterocycles. The largest absolute Gasteiger partial charge is 0.487 e. The van der Waals surface area contributed by atoms with Gasteiger partial charge in [0, 0.05) is 6.92 Å². The van der Waals surface area contributed by atoms with Crippen LogP contribution in [0.4, 0.5) is 8.78 Å². The van der Waals surface area contributed by atoms with E-state index in [2.05, 4.69) is 0 Å². The lowest BCUT2D eigenvalue weighted by Crippen LogP contribution is -2.14. The number of benzene rings is 1. The molecular formula is C11H10F2O3. The fraction of sp³-hybridized carbons (Fsp3) is 0.273. The molecule has 0 fully saturated rings. The Balaban J connectivity index is 2.91. The van der Waals surface area contributed by atoms with Gasteiger partial charge in [0.25, 0.3) is 6.43 Å². The van der Waals surface area contributed by atoms with Crippen LogP contribution in [0.2, 0.25) is 0 Å². The number of hydrogen-bond acceptors (Lipinski definition) is 3. The summed E-state index contributed by atoms with van der Waals surface area (Å²) in [5.74, 6) is -1.40. The van der Waals surface area contributed by atoms with E-state index in [1.165, 1.54) is 24.3 Å². The molecule has 0 aliphatic rings. The summed E-state index contributed by atoms with van der Waals surface area (Å²) in [7, 11) is 0. The number of ether oxygens (including phenoxy) is 1. The molecule has 0 amide bonds. The van der Waals surface area contributed by atoms with Crippen molar-refractivity contribution >= 4 is 11.6 Å².